The van der Waals surface area contributed by atoms with E-state index in [-0.39, 0.29) is 5.91 Å². The first-order valence-corrected chi connectivity index (χ1v) is 8.72. The number of benzene rings is 3. The highest BCUT2D eigenvalue weighted by Crippen LogP contribution is 2.26. The van der Waals surface area contributed by atoms with Gasteiger partial charge in [0.15, 0.2) is 0 Å². The highest BCUT2D eigenvalue weighted by Gasteiger charge is 2.08. The van der Waals surface area contributed by atoms with Crippen molar-refractivity contribution in [3.63, 3.8) is 0 Å². The molecule has 0 heterocycles. The number of hydrogen-bond acceptors (Lipinski definition) is 3. The third kappa shape index (κ3) is 4.06. The molecule has 0 atom stereocenters. The predicted octanol–water partition coefficient (Wildman–Crippen LogP) is 4.76. The number of carbonyl (C=O) groups excluding carboxylic acids is 1. The number of rotatable bonds is 5. The van der Waals surface area contributed by atoms with Crippen LogP contribution in [0.1, 0.15) is 22.8 Å². The van der Waals surface area contributed by atoms with Crippen LogP contribution in [0.4, 0.5) is 0 Å². The summed E-state index contributed by atoms with van der Waals surface area (Å²) in [6.45, 7) is 2.49. The van der Waals surface area contributed by atoms with Gasteiger partial charge in [-0.1, -0.05) is 52.3 Å². The fourth-order valence-electron chi connectivity index (χ4n) is 2.54. The van der Waals surface area contributed by atoms with Crippen LogP contribution >= 0.6 is 15.9 Å². The van der Waals surface area contributed by atoms with Gasteiger partial charge in [0.1, 0.15) is 5.75 Å². The van der Waals surface area contributed by atoms with E-state index >= 15 is 0 Å². The fourth-order valence-corrected chi connectivity index (χ4v) is 2.94. The zero-order valence-corrected chi connectivity index (χ0v) is 15.3. The van der Waals surface area contributed by atoms with Crippen molar-refractivity contribution < 1.29 is 9.53 Å². The molecule has 4 nitrogen and oxygen atoms in total. The van der Waals surface area contributed by atoms with E-state index in [0.29, 0.717) is 12.2 Å². The maximum Gasteiger partial charge on any atom is 0.271 e. The Morgan fingerprint density at radius 3 is 2.80 bits per heavy atom. The van der Waals surface area contributed by atoms with E-state index in [2.05, 4.69) is 26.5 Å². The molecule has 0 unspecified atom stereocenters. The standard InChI is InChI=1S/C20H17BrN2O2/c1-2-25-19-11-10-14-6-3-4-9-17(14)18(19)13-22-23-20(24)15-7-5-8-16(21)12-15/h3-13H,2H2,1H3,(H,23,24)/b22-13+. The Morgan fingerprint density at radius 2 is 2.00 bits per heavy atom. The maximum absolute atomic E-state index is 12.2. The molecule has 25 heavy (non-hydrogen) atoms. The first-order chi connectivity index (χ1) is 12.2. The summed E-state index contributed by atoms with van der Waals surface area (Å²) in [7, 11) is 0. The van der Waals surface area contributed by atoms with E-state index < -0.39 is 0 Å². The maximum atomic E-state index is 12.2. The lowest BCUT2D eigenvalue weighted by atomic mass is 10.0. The van der Waals surface area contributed by atoms with Crippen molar-refractivity contribution >= 4 is 38.8 Å². The van der Waals surface area contributed by atoms with Crippen LogP contribution in [0.5, 0.6) is 5.75 Å². The number of fused-ring (bicyclic) bond motifs is 1. The van der Waals surface area contributed by atoms with Gasteiger partial charge >= 0.3 is 0 Å². The Morgan fingerprint density at radius 1 is 1.16 bits per heavy atom. The van der Waals surface area contributed by atoms with Crippen LogP contribution in [-0.2, 0) is 0 Å². The normalized spacial score (nSPS) is 11.0. The fraction of sp³-hybridized carbons (Fsp3) is 0.100. The van der Waals surface area contributed by atoms with Gasteiger partial charge in [-0.3, -0.25) is 4.79 Å². The van der Waals surface area contributed by atoms with Gasteiger partial charge < -0.3 is 4.74 Å². The van der Waals surface area contributed by atoms with Gasteiger partial charge in [-0.2, -0.15) is 5.10 Å². The number of ether oxygens (including phenoxy) is 1. The highest BCUT2D eigenvalue weighted by atomic mass is 79.9. The summed E-state index contributed by atoms with van der Waals surface area (Å²) < 4.78 is 6.54. The molecule has 0 radical (unpaired) electrons. The number of carbonyl (C=O) groups is 1. The van der Waals surface area contributed by atoms with Crippen LogP contribution in [0.25, 0.3) is 10.8 Å². The van der Waals surface area contributed by atoms with Crippen molar-refractivity contribution in [3.05, 3.63) is 76.3 Å². The molecule has 5 heteroatoms. The summed E-state index contributed by atoms with van der Waals surface area (Å²) in [6, 6.07) is 19.1. The Bertz CT molecular complexity index is 938. The van der Waals surface area contributed by atoms with Crippen molar-refractivity contribution in [1.82, 2.24) is 5.43 Å². The second kappa shape index (κ2) is 7.94. The van der Waals surface area contributed by atoms with Crippen molar-refractivity contribution in [2.24, 2.45) is 5.10 Å². The van der Waals surface area contributed by atoms with Crippen LogP contribution in [0, 0.1) is 0 Å². The van der Waals surface area contributed by atoms with E-state index in [0.717, 1.165) is 26.6 Å². The summed E-state index contributed by atoms with van der Waals surface area (Å²) >= 11 is 3.35. The number of nitrogens with one attached hydrogen (secondary N) is 1. The molecule has 0 saturated heterocycles. The Labute approximate surface area is 154 Å². The molecular formula is C20H17BrN2O2. The molecule has 3 rings (SSSR count). The van der Waals surface area contributed by atoms with E-state index in [1.54, 1.807) is 24.4 Å². The summed E-state index contributed by atoms with van der Waals surface area (Å²) in [5, 5.41) is 6.23. The van der Waals surface area contributed by atoms with Crippen molar-refractivity contribution in [2.75, 3.05) is 6.61 Å². The molecule has 0 aliphatic rings. The summed E-state index contributed by atoms with van der Waals surface area (Å²) in [5.74, 6) is 0.470. The molecule has 0 aliphatic carbocycles. The minimum Gasteiger partial charge on any atom is -0.493 e. The third-order valence-corrected chi connectivity index (χ3v) is 4.17. The third-order valence-electron chi connectivity index (χ3n) is 3.68. The Kier molecular flexibility index (Phi) is 5.46. The van der Waals surface area contributed by atoms with Crippen LogP contribution in [0.2, 0.25) is 0 Å². The SMILES string of the molecule is CCOc1ccc2ccccc2c1/C=N/NC(=O)c1cccc(Br)c1. The minimum atomic E-state index is -0.268. The second-order valence-corrected chi connectivity index (χ2v) is 6.26. The largest absolute Gasteiger partial charge is 0.493 e. The average molecular weight is 397 g/mol. The topological polar surface area (TPSA) is 50.7 Å². The van der Waals surface area contributed by atoms with Gasteiger partial charge in [-0.05, 0) is 42.0 Å². The lowest BCUT2D eigenvalue weighted by Gasteiger charge is -2.10. The van der Waals surface area contributed by atoms with Gasteiger partial charge in [0.2, 0.25) is 0 Å². The van der Waals surface area contributed by atoms with Crippen molar-refractivity contribution in [3.8, 4) is 5.75 Å². The number of nitrogens with zero attached hydrogens (tertiary/aromatic N) is 1. The lowest BCUT2D eigenvalue weighted by Crippen LogP contribution is -2.17. The van der Waals surface area contributed by atoms with Crippen molar-refractivity contribution in [2.45, 2.75) is 6.92 Å². The van der Waals surface area contributed by atoms with E-state index in [4.69, 9.17) is 4.74 Å². The Hall–Kier alpha value is -2.66. The van der Waals surface area contributed by atoms with Gasteiger partial charge in [-0.15, -0.1) is 0 Å². The zero-order chi connectivity index (χ0) is 17.6. The van der Waals surface area contributed by atoms with E-state index in [9.17, 15) is 4.79 Å². The van der Waals surface area contributed by atoms with E-state index in [1.165, 1.54) is 0 Å². The van der Waals surface area contributed by atoms with Gasteiger partial charge in [0, 0.05) is 15.6 Å². The molecule has 0 bridgehead atoms. The van der Waals surface area contributed by atoms with Crippen molar-refractivity contribution in [1.29, 1.82) is 0 Å². The van der Waals surface area contributed by atoms with E-state index in [1.807, 2.05) is 49.4 Å². The Balaban J connectivity index is 1.87. The summed E-state index contributed by atoms with van der Waals surface area (Å²) in [4.78, 5) is 12.2. The molecule has 3 aromatic carbocycles. The van der Waals surface area contributed by atoms with Gasteiger partial charge in [0.05, 0.1) is 12.8 Å². The molecule has 0 fully saturated rings. The summed E-state index contributed by atoms with van der Waals surface area (Å²) in [6.07, 6.45) is 1.63. The molecule has 0 spiro atoms. The first-order valence-electron chi connectivity index (χ1n) is 7.92. The number of hydrogen-bond donors (Lipinski definition) is 1. The molecule has 0 saturated carbocycles. The molecule has 1 N–H and O–H groups in total. The average Bonchev–Trinajstić information content (AvgIpc) is 2.63. The van der Waals surface area contributed by atoms with Gasteiger partial charge in [0.25, 0.3) is 5.91 Å². The number of amides is 1. The molecule has 0 aromatic heterocycles. The highest BCUT2D eigenvalue weighted by molar-refractivity contribution is 9.10. The van der Waals surface area contributed by atoms with Crippen LogP contribution in [-0.4, -0.2) is 18.7 Å². The molecule has 126 valence electrons. The minimum absolute atomic E-state index is 0.268. The zero-order valence-electron chi connectivity index (χ0n) is 13.7. The molecule has 3 aromatic rings. The molecule has 0 aliphatic heterocycles. The van der Waals surface area contributed by atoms with Gasteiger partial charge in [-0.25, -0.2) is 5.43 Å². The number of halogens is 1. The lowest BCUT2D eigenvalue weighted by molar-refractivity contribution is 0.0955. The van der Waals surface area contributed by atoms with Crippen LogP contribution in [0.3, 0.4) is 0 Å². The smallest absolute Gasteiger partial charge is 0.271 e. The predicted molar refractivity (Wildman–Crippen MR) is 104 cm³/mol. The second-order valence-electron chi connectivity index (χ2n) is 5.34. The molecule has 1 amide bonds. The molecular weight excluding hydrogens is 380 g/mol. The van der Waals surface area contributed by atoms with Crippen LogP contribution < -0.4 is 10.2 Å². The monoisotopic (exact) mass is 396 g/mol. The first kappa shape index (κ1) is 17.2. The van der Waals surface area contributed by atoms with Crippen LogP contribution in [0.15, 0.2) is 70.2 Å². The summed E-state index contributed by atoms with van der Waals surface area (Å²) in [5.41, 5.74) is 3.94. The number of hydrazone groups is 1. The quantitative estimate of drug-likeness (QED) is 0.498.